The molecule has 28 heavy (non-hydrogen) atoms. The van der Waals surface area contributed by atoms with Crippen molar-refractivity contribution in [2.24, 2.45) is 5.92 Å². The molecular formula is C19H26ClN7O. The molecule has 1 aliphatic rings. The first kappa shape index (κ1) is 20.4. The summed E-state index contributed by atoms with van der Waals surface area (Å²) in [6, 6.07) is 0. The molecule has 8 nitrogen and oxygen atoms in total. The number of anilines is 2. The second kappa shape index (κ2) is 8.33. The Morgan fingerprint density at radius 1 is 1.39 bits per heavy atom. The lowest BCUT2D eigenvalue weighted by Crippen LogP contribution is -2.32. The van der Waals surface area contributed by atoms with Crippen molar-refractivity contribution >= 4 is 23.2 Å². The zero-order valence-corrected chi connectivity index (χ0v) is 17.5. The molecule has 0 bridgehead atoms. The van der Waals surface area contributed by atoms with Gasteiger partial charge in [0.2, 0.25) is 11.8 Å². The first-order valence-electron chi connectivity index (χ1n) is 9.35. The molecule has 3 heterocycles. The van der Waals surface area contributed by atoms with Crippen molar-refractivity contribution in [3.63, 3.8) is 0 Å². The van der Waals surface area contributed by atoms with E-state index in [2.05, 4.69) is 37.2 Å². The molecule has 0 saturated carbocycles. The van der Waals surface area contributed by atoms with Crippen molar-refractivity contribution in [3.8, 4) is 5.88 Å². The normalized spacial score (nSPS) is 16.0. The van der Waals surface area contributed by atoms with Crippen LogP contribution in [0.15, 0.2) is 12.4 Å². The van der Waals surface area contributed by atoms with E-state index in [4.69, 9.17) is 22.9 Å². The molecule has 0 spiro atoms. The van der Waals surface area contributed by atoms with E-state index in [1.807, 2.05) is 20.8 Å². The Labute approximate surface area is 170 Å². The van der Waals surface area contributed by atoms with Crippen molar-refractivity contribution in [1.29, 1.82) is 0 Å². The fourth-order valence-corrected chi connectivity index (χ4v) is 3.12. The highest BCUT2D eigenvalue weighted by molar-refractivity contribution is 6.31. The first-order chi connectivity index (χ1) is 13.3. The van der Waals surface area contributed by atoms with Gasteiger partial charge in [-0.1, -0.05) is 11.6 Å². The smallest absolute Gasteiger partial charge is 0.319 e. The van der Waals surface area contributed by atoms with Crippen LogP contribution in [0.4, 0.5) is 11.6 Å². The molecule has 0 aromatic carbocycles. The van der Waals surface area contributed by atoms with Crippen LogP contribution < -0.4 is 10.1 Å². The van der Waals surface area contributed by atoms with Crippen LogP contribution in [0, 0.1) is 19.4 Å². The van der Waals surface area contributed by atoms with Gasteiger partial charge in [-0.05, 0) is 45.8 Å². The monoisotopic (exact) mass is 403 g/mol. The number of piperidine rings is 1. The molecular weight excluding hydrogens is 378 g/mol. The maximum absolute atomic E-state index is 7.32. The van der Waals surface area contributed by atoms with E-state index in [9.17, 15) is 0 Å². The fourth-order valence-electron chi connectivity index (χ4n) is 2.97. The van der Waals surface area contributed by atoms with Crippen LogP contribution in [0.2, 0.25) is 5.02 Å². The molecule has 1 fully saturated rings. The number of nitrogens with one attached hydrogen (secondary N) is 1. The summed E-state index contributed by atoms with van der Waals surface area (Å²) in [5.41, 5.74) is 0.734. The van der Waals surface area contributed by atoms with Crippen LogP contribution in [-0.4, -0.2) is 51.4 Å². The summed E-state index contributed by atoms with van der Waals surface area (Å²) in [6.45, 7) is 15.6. The molecule has 0 atom stereocenters. The highest BCUT2D eigenvalue weighted by Crippen LogP contribution is 2.27. The highest BCUT2D eigenvalue weighted by atomic mass is 35.5. The summed E-state index contributed by atoms with van der Waals surface area (Å²) >= 11 is 6.22. The molecule has 0 amide bonds. The van der Waals surface area contributed by atoms with Gasteiger partial charge < -0.3 is 15.0 Å². The van der Waals surface area contributed by atoms with Gasteiger partial charge in [-0.25, -0.2) is 11.6 Å². The molecule has 9 heteroatoms. The first-order valence-corrected chi connectivity index (χ1v) is 9.72. The number of likely N-dealkylation sites (tertiary alicyclic amines) is 1. The Hall–Kier alpha value is -2.37. The second-order valence-electron chi connectivity index (χ2n) is 7.71. The Kier molecular flexibility index (Phi) is 6.06. The van der Waals surface area contributed by atoms with Crippen LogP contribution >= 0.6 is 11.6 Å². The number of hydrogen-bond acceptors (Lipinski definition) is 6. The van der Waals surface area contributed by atoms with E-state index in [1.54, 1.807) is 10.9 Å². The molecule has 1 N–H and O–H groups in total. The maximum Gasteiger partial charge on any atom is 0.319 e. The summed E-state index contributed by atoms with van der Waals surface area (Å²) in [4.78, 5) is 14.6. The summed E-state index contributed by atoms with van der Waals surface area (Å²) in [7, 11) is 2.14. The number of aromatic nitrogens is 4. The Morgan fingerprint density at radius 3 is 2.79 bits per heavy atom. The van der Waals surface area contributed by atoms with Crippen LogP contribution in [0.5, 0.6) is 5.88 Å². The average Bonchev–Trinajstić information content (AvgIpc) is 3.05. The van der Waals surface area contributed by atoms with Gasteiger partial charge in [-0.3, -0.25) is 4.85 Å². The quantitative estimate of drug-likeness (QED) is 0.741. The summed E-state index contributed by atoms with van der Waals surface area (Å²) in [5, 5.41) is 7.95. The van der Waals surface area contributed by atoms with Crippen molar-refractivity contribution in [1.82, 2.24) is 24.6 Å². The fraction of sp³-hybridized carbons (Fsp3) is 0.579. The van der Waals surface area contributed by atoms with Crippen LogP contribution in [0.25, 0.3) is 4.85 Å². The Balaban J connectivity index is 1.69. The SMILES string of the molecule is [C-]#[N+]C(C)(C)n1cc(Nc2ncc(Cl)c(OCC3CCN(C)CC3)n2)c(C)n1. The van der Waals surface area contributed by atoms with Crippen LogP contribution in [0.1, 0.15) is 32.4 Å². The van der Waals surface area contributed by atoms with Gasteiger partial charge in [-0.15, -0.1) is 0 Å². The lowest BCUT2D eigenvalue weighted by molar-refractivity contribution is 0.157. The zero-order valence-electron chi connectivity index (χ0n) is 16.7. The Bertz CT molecular complexity index is 866. The highest BCUT2D eigenvalue weighted by Gasteiger charge is 2.27. The summed E-state index contributed by atoms with van der Waals surface area (Å²) < 4.78 is 7.52. The number of rotatable bonds is 6. The van der Waals surface area contributed by atoms with E-state index in [-0.39, 0.29) is 0 Å². The largest absolute Gasteiger partial charge is 0.476 e. The minimum atomic E-state index is -0.756. The second-order valence-corrected chi connectivity index (χ2v) is 8.12. The van der Waals surface area contributed by atoms with Gasteiger partial charge in [-0.2, -0.15) is 14.8 Å². The summed E-state index contributed by atoms with van der Waals surface area (Å²) in [6.07, 6.45) is 5.53. The molecule has 2 aromatic rings. The number of aryl methyl sites for hydroxylation is 1. The van der Waals surface area contributed by atoms with Gasteiger partial charge in [0.05, 0.1) is 30.4 Å². The number of nitrogens with zero attached hydrogens (tertiary/aromatic N) is 6. The van der Waals surface area contributed by atoms with Crippen molar-refractivity contribution in [2.75, 3.05) is 32.1 Å². The van der Waals surface area contributed by atoms with E-state index in [0.717, 1.165) is 37.3 Å². The van der Waals surface area contributed by atoms with Crippen LogP contribution in [-0.2, 0) is 5.66 Å². The van der Waals surface area contributed by atoms with Crippen molar-refractivity contribution < 1.29 is 4.74 Å². The minimum absolute atomic E-state index is 0.379. The maximum atomic E-state index is 7.32. The van der Waals surface area contributed by atoms with Crippen molar-refractivity contribution in [2.45, 2.75) is 39.3 Å². The number of ether oxygens (including phenoxy) is 1. The predicted molar refractivity (Wildman–Crippen MR) is 109 cm³/mol. The molecule has 0 radical (unpaired) electrons. The van der Waals surface area contributed by atoms with E-state index in [0.29, 0.717) is 29.4 Å². The molecule has 1 aliphatic heterocycles. The van der Waals surface area contributed by atoms with E-state index >= 15 is 0 Å². The third-order valence-corrected chi connectivity index (χ3v) is 5.24. The Morgan fingerprint density at radius 2 is 2.11 bits per heavy atom. The zero-order chi connectivity index (χ0) is 20.3. The molecule has 0 unspecified atom stereocenters. The summed E-state index contributed by atoms with van der Waals surface area (Å²) in [5.74, 6) is 1.27. The molecule has 150 valence electrons. The number of hydrogen-bond donors (Lipinski definition) is 1. The van der Waals surface area contributed by atoms with Gasteiger partial charge in [0.1, 0.15) is 5.02 Å². The van der Waals surface area contributed by atoms with Crippen LogP contribution in [0.3, 0.4) is 0 Å². The average molecular weight is 404 g/mol. The standard InChI is InChI=1S/C19H26ClN7O/c1-13-16(11-27(25-13)19(2,3)21-4)23-18-22-10-15(20)17(24-18)28-12-14-6-8-26(5)9-7-14/h10-11,14H,6-9,12H2,1-3,5H3,(H,22,23,24). The third-order valence-electron chi connectivity index (χ3n) is 4.99. The molecule has 0 aliphatic carbocycles. The predicted octanol–water partition coefficient (Wildman–Crippen LogP) is 3.71. The van der Waals surface area contributed by atoms with Gasteiger partial charge in [0.25, 0.3) is 0 Å². The lowest BCUT2D eigenvalue weighted by Gasteiger charge is -2.28. The van der Waals surface area contributed by atoms with Crippen molar-refractivity contribution in [3.05, 3.63) is 34.5 Å². The molecule has 2 aromatic heterocycles. The van der Waals surface area contributed by atoms with Gasteiger partial charge in [0, 0.05) is 13.8 Å². The van der Waals surface area contributed by atoms with E-state index in [1.165, 1.54) is 6.20 Å². The number of halogens is 1. The lowest BCUT2D eigenvalue weighted by atomic mass is 9.98. The topological polar surface area (TPSA) is 72.5 Å². The van der Waals surface area contributed by atoms with E-state index < -0.39 is 5.66 Å². The molecule has 1 saturated heterocycles. The molecule has 3 rings (SSSR count). The van der Waals surface area contributed by atoms with Gasteiger partial charge >= 0.3 is 5.66 Å². The minimum Gasteiger partial charge on any atom is -0.476 e. The van der Waals surface area contributed by atoms with Gasteiger partial charge in [0.15, 0.2) is 0 Å². The third kappa shape index (κ3) is 4.72.